The molecule has 2 amide bonds. The summed E-state index contributed by atoms with van der Waals surface area (Å²) in [5, 5.41) is 30.1. The van der Waals surface area contributed by atoms with Crippen molar-refractivity contribution in [2.24, 2.45) is 11.3 Å². The van der Waals surface area contributed by atoms with Crippen molar-refractivity contribution < 1.29 is 19.8 Å². The van der Waals surface area contributed by atoms with Crippen LogP contribution < -0.4 is 10.6 Å². The fourth-order valence-electron chi connectivity index (χ4n) is 9.34. The standard InChI is InChI=1S/C44H50ClN3O4/c1-43(2,3)27-37-44(34-24-19-31(45)26-36(34)47-42(44)52)35(25-28-13-7-4-8-14-28)39(41(51)46-32-20-22-33(49)23-21-32)48(37)38(29-15-9-5-10-16-29)40(50)30-17-11-6-12-18-30/h4-19,24,26,32-33,35,37-40,49-50H,20-23,25,27H2,1-3H3,(H,46,51)(H,47,52)/t32?,33?,35?,37-,38-,39-,40+,44-/m1/s1. The number of likely N-dealkylation sites (tertiary alicyclic amines) is 1. The quantitative estimate of drug-likeness (QED) is 0.142. The number of hydrogen-bond acceptors (Lipinski definition) is 5. The second-order valence-corrected chi connectivity index (χ2v) is 16.6. The van der Waals surface area contributed by atoms with Gasteiger partial charge in [-0.3, -0.25) is 14.5 Å². The third-order valence-electron chi connectivity index (χ3n) is 11.5. The number of benzene rings is 4. The van der Waals surface area contributed by atoms with Gasteiger partial charge in [0, 0.05) is 28.7 Å². The summed E-state index contributed by atoms with van der Waals surface area (Å²) in [5.74, 6) is -0.829. The van der Waals surface area contributed by atoms with E-state index in [1.807, 2.05) is 97.1 Å². The second-order valence-electron chi connectivity index (χ2n) is 16.2. The fraction of sp³-hybridized carbons (Fsp3) is 0.409. The summed E-state index contributed by atoms with van der Waals surface area (Å²) in [7, 11) is 0. The van der Waals surface area contributed by atoms with E-state index in [2.05, 4.69) is 48.4 Å². The minimum Gasteiger partial charge on any atom is -0.393 e. The molecule has 6 atom stereocenters. The molecule has 0 bridgehead atoms. The van der Waals surface area contributed by atoms with Gasteiger partial charge < -0.3 is 20.8 Å². The molecule has 0 aromatic heterocycles. The van der Waals surface area contributed by atoms with Gasteiger partial charge in [-0.25, -0.2) is 0 Å². The van der Waals surface area contributed by atoms with Gasteiger partial charge >= 0.3 is 0 Å². The van der Waals surface area contributed by atoms with Gasteiger partial charge in [0.05, 0.1) is 29.7 Å². The SMILES string of the molecule is CC(C)(C)C[C@H]1N([C@H](c2ccccc2)[C@@H](O)c2ccccc2)[C@@H](C(=O)NC2CCC(O)CC2)C(Cc2ccccc2)[C@@]12C(=O)Nc1cc(Cl)ccc12. The molecule has 1 saturated heterocycles. The van der Waals surface area contributed by atoms with Crippen molar-refractivity contribution in [3.8, 4) is 0 Å². The number of anilines is 1. The van der Waals surface area contributed by atoms with Crippen LogP contribution in [0.5, 0.6) is 0 Å². The number of nitrogens with zero attached hydrogens (tertiary/aromatic N) is 1. The van der Waals surface area contributed by atoms with Gasteiger partial charge in [0.25, 0.3) is 0 Å². The van der Waals surface area contributed by atoms with Crippen LogP contribution in [0.2, 0.25) is 5.02 Å². The van der Waals surface area contributed by atoms with Crippen LogP contribution in [0.25, 0.3) is 0 Å². The Morgan fingerprint density at radius 1 is 0.904 bits per heavy atom. The van der Waals surface area contributed by atoms with E-state index in [0.717, 1.165) is 22.3 Å². The monoisotopic (exact) mass is 719 g/mol. The molecule has 0 radical (unpaired) electrons. The molecule has 272 valence electrons. The molecule has 8 heteroatoms. The third-order valence-corrected chi connectivity index (χ3v) is 11.8. The van der Waals surface area contributed by atoms with Gasteiger partial charge in [0.15, 0.2) is 0 Å². The fourth-order valence-corrected chi connectivity index (χ4v) is 9.51. The van der Waals surface area contributed by atoms with Gasteiger partial charge in [-0.1, -0.05) is 129 Å². The van der Waals surface area contributed by atoms with Crippen molar-refractivity contribution in [2.45, 2.75) is 101 Å². The normalized spacial score (nSPS) is 27.2. The lowest BCUT2D eigenvalue weighted by atomic mass is 9.63. The smallest absolute Gasteiger partial charge is 0.237 e. The predicted molar refractivity (Wildman–Crippen MR) is 206 cm³/mol. The zero-order valence-electron chi connectivity index (χ0n) is 30.2. The summed E-state index contributed by atoms with van der Waals surface area (Å²) in [4.78, 5) is 32.8. The number of fused-ring (bicyclic) bond motifs is 2. The molecule has 1 aliphatic carbocycles. The summed E-state index contributed by atoms with van der Waals surface area (Å²) in [6.45, 7) is 6.52. The van der Waals surface area contributed by atoms with Crippen molar-refractivity contribution in [1.29, 1.82) is 0 Å². The van der Waals surface area contributed by atoms with Crippen molar-refractivity contribution in [2.75, 3.05) is 5.32 Å². The molecular formula is C44H50ClN3O4. The average Bonchev–Trinajstić information content (AvgIpc) is 3.56. The molecule has 4 N–H and O–H groups in total. The minimum absolute atomic E-state index is 0.106. The molecule has 7 nitrogen and oxygen atoms in total. The second kappa shape index (κ2) is 14.8. The van der Waals surface area contributed by atoms with Crippen LogP contribution in [-0.4, -0.2) is 51.2 Å². The number of aliphatic hydroxyl groups is 2. The van der Waals surface area contributed by atoms with E-state index in [4.69, 9.17) is 11.6 Å². The molecule has 1 spiro atoms. The molecule has 2 fully saturated rings. The van der Waals surface area contributed by atoms with Crippen LogP contribution in [-0.2, 0) is 21.4 Å². The maximum atomic E-state index is 15.4. The lowest BCUT2D eigenvalue weighted by molar-refractivity contribution is -0.131. The Morgan fingerprint density at radius 3 is 2.12 bits per heavy atom. The van der Waals surface area contributed by atoms with Crippen molar-refractivity contribution in [1.82, 2.24) is 10.2 Å². The summed E-state index contributed by atoms with van der Waals surface area (Å²) in [6, 6.07) is 33.2. The number of amides is 2. The minimum atomic E-state index is -1.17. The summed E-state index contributed by atoms with van der Waals surface area (Å²) >= 11 is 6.56. The van der Waals surface area contributed by atoms with Crippen LogP contribution in [0.1, 0.15) is 87.3 Å². The zero-order chi connectivity index (χ0) is 36.6. The van der Waals surface area contributed by atoms with Crippen molar-refractivity contribution >= 4 is 29.1 Å². The summed E-state index contributed by atoms with van der Waals surface area (Å²) in [6.07, 6.45) is 2.24. The molecule has 1 saturated carbocycles. The third kappa shape index (κ3) is 6.92. The molecule has 1 unspecified atom stereocenters. The first-order chi connectivity index (χ1) is 25.0. The highest BCUT2D eigenvalue weighted by atomic mass is 35.5. The number of rotatable bonds is 9. The van der Waals surface area contributed by atoms with Gasteiger partial charge in [-0.2, -0.15) is 0 Å². The maximum Gasteiger partial charge on any atom is 0.237 e. The van der Waals surface area contributed by atoms with E-state index in [0.29, 0.717) is 49.2 Å². The Labute approximate surface area is 312 Å². The van der Waals surface area contributed by atoms with Crippen LogP contribution >= 0.6 is 11.6 Å². The van der Waals surface area contributed by atoms with E-state index in [-0.39, 0.29) is 29.4 Å². The number of carbonyl (C=O) groups is 2. The van der Waals surface area contributed by atoms with E-state index in [9.17, 15) is 10.2 Å². The maximum absolute atomic E-state index is 15.4. The number of nitrogens with one attached hydrogen (secondary N) is 2. The molecule has 2 heterocycles. The van der Waals surface area contributed by atoms with Crippen LogP contribution in [0, 0.1) is 11.3 Å². The summed E-state index contributed by atoms with van der Waals surface area (Å²) in [5.41, 5.74) is 2.67. The van der Waals surface area contributed by atoms with E-state index >= 15 is 9.59 Å². The highest BCUT2D eigenvalue weighted by Crippen LogP contribution is 2.60. The number of carbonyl (C=O) groups excluding carboxylic acids is 2. The molecule has 4 aromatic carbocycles. The van der Waals surface area contributed by atoms with Crippen molar-refractivity contribution in [3.63, 3.8) is 0 Å². The first-order valence-corrected chi connectivity index (χ1v) is 19.0. The Morgan fingerprint density at radius 2 is 1.50 bits per heavy atom. The van der Waals surface area contributed by atoms with Gasteiger partial charge in [-0.15, -0.1) is 0 Å². The Hall–Kier alpha value is -4.01. The van der Waals surface area contributed by atoms with Gasteiger partial charge in [-0.05, 0) is 78.3 Å². The predicted octanol–water partition coefficient (Wildman–Crippen LogP) is 7.77. The van der Waals surface area contributed by atoms with Crippen molar-refractivity contribution in [3.05, 3.63) is 136 Å². The molecule has 7 rings (SSSR count). The first kappa shape index (κ1) is 36.4. The highest BCUT2D eigenvalue weighted by molar-refractivity contribution is 6.31. The largest absolute Gasteiger partial charge is 0.393 e. The van der Waals surface area contributed by atoms with E-state index in [1.54, 1.807) is 0 Å². The number of halogens is 1. The lowest BCUT2D eigenvalue weighted by Crippen LogP contribution is -2.54. The molecule has 3 aliphatic rings. The topological polar surface area (TPSA) is 102 Å². The average molecular weight is 720 g/mol. The molecule has 4 aromatic rings. The van der Waals surface area contributed by atoms with E-state index < -0.39 is 35.6 Å². The highest BCUT2D eigenvalue weighted by Gasteiger charge is 2.69. The Balaban J connectivity index is 1.51. The van der Waals surface area contributed by atoms with Crippen LogP contribution in [0.3, 0.4) is 0 Å². The van der Waals surface area contributed by atoms with Crippen LogP contribution in [0.15, 0.2) is 109 Å². The Kier molecular flexibility index (Phi) is 10.3. The lowest BCUT2D eigenvalue weighted by Gasteiger charge is -2.44. The zero-order valence-corrected chi connectivity index (χ0v) is 31.0. The van der Waals surface area contributed by atoms with Gasteiger partial charge in [0.1, 0.15) is 0 Å². The molecule has 2 aliphatic heterocycles. The number of hydrogen-bond donors (Lipinski definition) is 4. The van der Waals surface area contributed by atoms with Crippen LogP contribution in [0.4, 0.5) is 5.69 Å². The van der Waals surface area contributed by atoms with Gasteiger partial charge in [0.2, 0.25) is 11.8 Å². The number of aliphatic hydroxyl groups excluding tert-OH is 2. The Bertz CT molecular complexity index is 1860. The molecular weight excluding hydrogens is 670 g/mol. The first-order valence-electron chi connectivity index (χ1n) is 18.7. The summed E-state index contributed by atoms with van der Waals surface area (Å²) < 4.78 is 0. The van der Waals surface area contributed by atoms with E-state index in [1.165, 1.54) is 0 Å². The molecule has 52 heavy (non-hydrogen) atoms.